The van der Waals surface area contributed by atoms with Crippen LogP contribution in [-0.2, 0) is 11.2 Å². The monoisotopic (exact) mass is 387 g/mol. The maximum atomic E-state index is 11.7. The van der Waals surface area contributed by atoms with Gasteiger partial charge >= 0.3 is 0 Å². The zero-order chi connectivity index (χ0) is 18.9. The molecule has 0 aromatic heterocycles. The van der Waals surface area contributed by atoms with Crippen molar-refractivity contribution in [3.63, 3.8) is 0 Å². The molecule has 2 aromatic rings. The zero-order valence-corrected chi connectivity index (χ0v) is 16.6. The molecule has 1 aliphatic heterocycles. The summed E-state index contributed by atoms with van der Waals surface area (Å²) in [7, 11) is 2.00. The molecule has 1 unspecified atom stereocenters. The molecule has 0 bridgehead atoms. The SMILES string of the molecule is Cc1ccc(CC[N+]2(C)N=C(C(=O)Cl)C=C2c2ccc(Cl)c(C)c2)cc1. The Morgan fingerprint density at radius 3 is 2.42 bits per heavy atom. The Morgan fingerprint density at radius 2 is 1.81 bits per heavy atom. The van der Waals surface area contributed by atoms with Gasteiger partial charge in [-0.1, -0.05) is 46.5 Å². The van der Waals surface area contributed by atoms with Crippen LogP contribution in [0.15, 0.2) is 53.6 Å². The summed E-state index contributed by atoms with van der Waals surface area (Å²) in [4.78, 5) is 11.7. The Balaban J connectivity index is 1.92. The lowest BCUT2D eigenvalue weighted by Crippen LogP contribution is -2.36. The van der Waals surface area contributed by atoms with Crippen LogP contribution in [0, 0.1) is 13.8 Å². The molecule has 0 fully saturated rings. The van der Waals surface area contributed by atoms with Crippen molar-refractivity contribution in [3.05, 3.63) is 75.8 Å². The number of allylic oxidation sites excluding steroid dienone is 1. The molecular weight excluding hydrogens is 367 g/mol. The third-order valence-corrected chi connectivity index (χ3v) is 5.35. The lowest BCUT2D eigenvalue weighted by atomic mass is 10.1. The minimum Gasteiger partial charge on any atom is -0.274 e. The Bertz CT molecular complexity index is 916. The number of carbonyl (C=O) groups is 1. The summed E-state index contributed by atoms with van der Waals surface area (Å²) in [5, 5.41) is 4.79. The Morgan fingerprint density at radius 1 is 1.12 bits per heavy atom. The molecule has 3 rings (SSSR count). The maximum absolute atomic E-state index is 11.7. The molecule has 0 N–H and O–H groups in total. The molecule has 3 nitrogen and oxygen atoms in total. The fourth-order valence-electron chi connectivity index (χ4n) is 3.12. The molecule has 0 saturated carbocycles. The Labute approximate surface area is 164 Å². The quantitative estimate of drug-likeness (QED) is 0.516. The molecular formula is C21H21Cl2N2O+. The van der Waals surface area contributed by atoms with E-state index in [1.807, 2.05) is 32.2 Å². The third kappa shape index (κ3) is 3.90. The first-order valence-electron chi connectivity index (χ1n) is 8.48. The van der Waals surface area contributed by atoms with E-state index >= 15 is 0 Å². The molecule has 26 heavy (non-hydrogen) atoms. The second kappa shape index (κ2) is 7.36. The van der Waals surface area contributed by atoms with E-state index in [2.05, 4.69) is 36.3 Å². The van der Waals surface area contributed by atoms with Crippen LogP contribution in [0.1, 0.15) is 22.3 Å². The highest BCUT2D eigenvalue weighted by Crippen LogP contribution is 2.33. The summed E-state index contributed by atoms with van der Waals surface area (Å²) >= 11 is 11.9. The van der Waals surface area contributed by atoms with E-state index in [0.29, 0.717) is 5.71 Å². The van der Waals surface area contributed by atoms with Crippen molar-refractivity contribution in [1.82, 2.24) is 0 Å². The van der Waals surface area contributed by atoms with Gasteiger partial charge in [-0.3, -0.25) is 4.79 Å². The van der Waals surface area contributed by atoms with Crippen molar-refractivity contribution < 1.29 is 9.39 Å². The third-order valence-electron chi connectivity index (χ3n) is 4.73. The van der Waals surface area contributed by atoms with E-state index in [4.69, 9.17) is 23.2 Å². The van der Waals surface area contributed by atoms with E-state index in [-0.39, 0.29) is 4.59 Å². The average molecular weight is 388 g/mol. The number of halogens is 2. The molecule has 0 saturated heterocycles. The Hall–Kier alpha value is -1.94. The second-order valence-electron chi connectivity index (χ2n) is 6.85. The second-order valence-corrected chi connectivity index (χ2v) is 7.60. The molecule has 1 heterocycles. The number of nitrogens with zero attached hydrogens (tertiary/aromatic N) is 2. The number of hydrogen-bond donors (Lipinski definition) is 0. The molecule has 2 aromatic carbocycles. The highest BCUT2D eigenvalue weighted by molar-refractivity contribution is 6.83. The molecule has 134 valence electrons. The van der Waals surface area contributed by atoms with Crippen LogP contribution in [0.25, 0.3) is 5.70 Å². The number of carbonyl (C=O) groups excluding carboxylic acids is 1. The van der Waals surface area contributed by atoms with Gasteiger partial charge < -0.3 is 0 Å². The molecule has 0 amide bonds. The summed E-state index contributed by atoms with van der Waals surface area (Å²) in [5.41, 5.74) is 5.69. The molecule has 1 atom stereocenters. The van der Waals surface area contributed by atoms with Crippen LogP contribution in [-0.4, -0.2) is 29.1 Å². The van der Waals surface area contributed by atoms with Gasteiger partial charge in [0.25, 0.3) is 5.24 Å². The number of rotatable bonds is 5. The van der Waals surface area contributed by atoms with Crippen LogP contribution in [0.2, 0.25) is 5.02 Å². The minimum atomic E-state index is -0.537. The van der Waals surface area contributed by atoms with Crippen LogP contribution in [0.4, 0.5) is 0 Å². The number of benzene rings is 2. The number of likely N-dealkylation sites (N-methyl/N-ethyl adjacent to an activating group) is 1. The predicted molar refractivity (Wildman–Crippen MR) is 108 cm³/mol. The van der Waals surface area contributed by atoms with Gasteiger partial charge in [0.2, 0.25) is 0 Å². The molecule has 0 aliphatic carbocycles. The van der Waals surface area contributed by atoms with Gasteiger partial charge in [0.15, 0.2) is 11.4 Å². The first-order chi connectivity index (χ1) is 12.3. The lowest BCUT2D eigenvalue weighted by molar-refractivity contribution is -0.843. The number of aryl methyl sites for hydroxylation is 2. The zero-order valence-electron chi connectivity index (χ0n) is 15.1. The molecule has 5 heteroatoms. The van der Waals surface area contributed by atoms with E-state index in [1.165, 1.54) is 11.1 Å². The average Bonchev–Trinajstić information content (AvgIpc) is 2.95. The molecule has 1 aliphatic rings. The van der Waals surface area contributed by atoms with Gasteiger partial charge in [0.05, 0.1) is 7.05 Å². The first-order valence-corrected chi connectivity index (χ1v) is 9.24. The van der Waals surface area contributed by atoms with Crippen molar-refractivity contribution in [2.75, 3.05) is 13.6 Å². The fraction of sp³-hybridized carbons (Fsp3) is 0.238. The van der Waals surface area contributed by atoms with Gasteiger partial charge in [0, 0.05) is 23.1 Å². The first kappa shape index (κ1) is 18.8. The van der Waals surface area contributed by atoms with Crippen molar-refractivity contribution in [1.29, 1.82) is 0 Å². The number of hydrogen-bond acceptors (Lipinski definition) is 2. The van der Waals surface area contributed by atoms with Crippen LogP contribution in [0.5, 0.6) is 0 Å². The largest absolute Gasteiger partial charge is 0.276 e. The lowest BCUT2D eigenvalue weighted by Gasteiger charge is -2.27. The summed E-state index contributed by atoms with van der Waals surface area (Å²) in [6.07, 6.45) is 2.63. The van der Waals surface area contributed by atoms with Crippen molar-refractivity contribution in [3.8, 4) is 0 Å². The highest BCUT2D eigenvalue weighted by Gasteiger charge is 2.37. The number of quaternary nitrogens is 1. The van der Waals surface area contributed by atoms with E-state index in [1.54, 1.807) is 6.08 Å². The molecule has 0 spiro atoms. The molecule has 0 radical (unpaired) electrons. The fourth-order valence-corrected chi connectivity index (χ4v) is 3.33. The van der Waals surface area contributed by atoms with Crippen LogP contribution in [0.3, 0.4) is 0 Å². The van der Waals surface area contributed by atoms with E-state index in [9.17, 15) is 4.79 Å². The standard InChI is InChI=1S/C21H21Cl2N2O/c1-14-4-6-16(7-5-14)10-11-25(3)20(13-19(24-25)21(23)26)17-8-9-18(22)15(2)12-17/h4-9,12-13H,10-11H2,1-3H3/q+1. The van der Waals surface area contributed by atoms with Gasteiger partial charge in [-0.25, -0.2) is 0 Å². The highest BCUT2D eigenvalue weighted by atomic mass is 35.5. The van der Waals surface area contributed by atoms with Crippen molar-refractivity contribution >= 4 is 39.9 Å². The summed E-state index contributed by atoms with van der Waals surface area (Å²) < 4.78 is 0.280. The summed E-state index contributed by atoms with van der Waals surface area (Å²) in [6, 6.07) is 14.3. The van der Waals surface area contributed by atoms with E-state index < -0.39 is 5.24 Å². The van der Waals surface area contributed by atoms with Crippen molar-refractivity contribution in [2.45, 2.75) is 20.3 Å². The minimum absolute atomic E-state index is 0.280. The maximum Gasteiger partial charge on any atom is 0.276 e. The predicted octanol–water partition coefficient (Wildman–Crippen LogP) is 5.12. The van der Waals surface area contributed by atoms with Gasteiger partial charge in [-0.05, 0) is 54.8 Å². The summed E-state index contributed by atoms with van der Waals surface area (Å²) in [6.45, 7) is 4.77. The van der Waals surface area contributed by atoms with Gasteiger partial charge in [-0.15, -0.1) is 0 Å². The van der Waals surface area contributed by atoms with Gasteiger partial charge in [-0.2, -0.15) is 4.59 Å². The van der Waals surface area contributed by atoms with Crippen molar-refractivity contribution in [2.24, 2.45) is 5.10 Å². The summed E-state index contributed by atoms with van der Waals surface area (Å²) in [5.74, 6) is 0. The normalized spacial score (nSPS) is 19.3. The smallest absolute Gasteiger partial charge is 0.274 e. The van der Waals surface area contributed by atoms with Crippen LogP contribution >= 0.6 is 23.2 Å². The topological polar surface area (TPSA) is 29.4 Å². The van der Waals surface area contributed by atoms with Gasteiger partial charge in [0.1, 0.15) is 6.54 Å². The van der Waals surface area contributed by atoms with Crippen LogP contribution < -0.4 is 0 Å². The Kier molecular flexibility index (Phi) is 5.33. The van der Waals surface area contributed by atoms with E-state index in [0.717, 1.165) is 34.8 Å².